The smallest absolute Gasteiger partial charge is 0.0207 e. The maximum atomic E-state index is 3.70. The van der Waals surface area contributed by atoms with Gasteiger partial charge in [-0.25, -0.2) is 0 Å². The second kappa shape index (κ2) is 6.91. The summed E-state index contributed by atoms with van der Waals surface area (Å²) < 4.78 is 0. The first-order chi connectivity index (χ1) is 8.75. The van der Waals surface area contributed by atoms with Crippen molar-refractivity contribution in [2.45, 2.75) is 45.2 Å². The van der Waals surface area contributed by atoms with Gasteiger partial charge >= 0.3 is 0 Å². The lowest BCUT2D eigenvalue weighted by Crippen LogP contribution is -2.35. The van der Waals surface area contributed by atoms with Crippen LogP contribution in [-0.4, -0.2) is 36.6 Å². The molecule has 1 aromatic rings. The minimum absolute atomic E-state index is 0.695. The molecule has 1 atom stereocenters. The van der Waals surface area contributed by atoms with Crippen molar-refractivity contribution in [3.63, 3.8) is 0 Å². The Morgan fingerprint density at radius 3 is 2.72 bits per heavy atom. The summed E-state index contributed by atoms with van der Waals surface area (Å²) in [6, 6.07) is 12.2. The molecule has 1 unspecified atom stereocenters. The van der Waals surface area contributed by atoms with Gasteiger partial charge < -0.3 is 5.32 Å². The Hall–Kier alpha value is -0.860. The Labute approximate surface area is 111 Å². The third-order valence-corrected chi connectivity index (χ3v) is 3.87. The molecule has 18 heavy (non-hydrogen) atoms. The van der Waals surface area contributed by atoms with E-state index in [-0.39, 0.29) is 0 Å². The molecule has 1 saturated heterocycles. The van der Waals surface area contributed by atoms with Gasteiger partial charge in [-0.3, -0.25) is 4.90 Å². The molecule has 1 fully saturated rings. The first-order valence-corrected chi connectivity index (χ1v) is 7.27. The molecule has 1 aliphatic heterocycles. The van der Waals surface area contributed by atoms with Crippen LogP contribution < -0.4 is 5.32 Å². The van der Waals surface area contributed by atoms with Gasteiger partial charge in [0.15, 0.2) is 0 Å². The Morgan fingerprint density at radius 2 is 2.06 bits per heavy atom. The van der Waals surface area contributed by atoms with Gasteiger partial charge in [0, 0.05) is 18.6 Å². The van der Waals surface area contributed by atoms with Crippen molar-refractivity contribution >= 4 is 0 Å². The molecule has 0 aromatic heterocycles. The molecule has 0 radical (unpaired) electrons. The molecule has 1 aromatic carbocycles. The first-order valence-electron chi connectivity index (χ1n) is 7.27. The van der Waals surface area contributed by atoms with Crippen molar-refractivity contribution < 1.29 is 0 Å². The molecule has 2 nitrogen and oxygen atoms in total. The van der Waals surface area contributed by atoms with E-state index in [1.807, 2.05) is 0 Å². The van der Waals surface area contributed by atoms with E-state index in [1.54, 1.807) is 0 Å². The van der Waals surface area contributed by atoms with Crippen LogP contribution in [0.3, 0.4) is 0 Å². The van der Waals surface area contributed by atoms with Gasteiger partial charge in [-0.05, 0) is 51.8 Å². The summed E-state index contributed by atoms with van der Waals surface area (Å²) in [7, 11) is 0. The van der Waals surface area contributed by atoms with Crippen molar-refractivity contribution in [3.8, 4) is 0 Å². The Bertz CT molecular complexity index is 334. The van der Waals surface area contributed by atoms with E-state index in [0.717, 1.165) is 6.54 Å². The predicted octanol–water partition coefficient (Wildman–Crippen LogP) is 2.69. The molecule has 2 rings (SSSR count). The number of rotatable bonds is 6. The molecular weight excluding hydrogens is 220 g/mol. The largest absolute Gasteiger partial charge is 0.313 e. The molecule has 1 aliphatic rings. The van der Waals surface area contributed by atoms with Crippen LogP contribution in [0.5, 0.6) is 0 Å². The topological polar surface area (TPSA) is 15.3 Å². The highest BCUT2D eigenvalue weighted by Gasteiger charge is 2.23. The first kappa shape index (κ1) is 13.6. The number of likely N-dealkylation sites (tertiary alicyclic amines) is 1. The van der Waals surface area contributed by atoms with Crippen LogP contribution >= 0.6 is 0 Å². The Morgan fingerprint density at radius 1 is 1.28 bits per heavy atom. The maximum absolute atomic E-state index is 3.70. The highest BCUT2D eigenvalue weighted by Crippen LogP contribution is 2.12. The lowest BCUT2D eigenvalue weighted by atomic mass is 10.1. The van der Waals surface area contributed by atoms with Crippen LogP contribution in [0.4, 0.5) is 0 Å². The zero-order valence-corrected chi connectivity index (χ0v) is 11.7. The van der Waals surface area contributed by atoms with Crippen LogP contribution in [0.2, 0.25) is 0 Å². The Balaban J connectivity index is 1.59. The maximum Gasteiger partial charge on any atom is 0.0207 e. The van der Waals surface area contributed by atoms with Gasteiger partial charge in [0.05, 0.1) is 0 Å². The predicted molar refractivity (Wildman–Crippen MR) is 77.9 cm³/mol. The summed E-state index contributed by atoms with van der Waals surface area (Å²) in [5.74, 6) is 0. The average Bonchev–Trinajstić information content (AvgIpc) is 2.85. The van der Waals surface area contributed by atoms with Gasteiger partial charge in [0.25, 0.3) is 0 Å². The molecule has 100 valence electrons. The fraction of sp³-hybridized carbons (Fsp3) is 0.625. The van der Waals surface area contributed by atoms with Gasteiger partial charge in [0.2, 0.25) is 0 Å². The van der Waals surface area contributed by atoms with Crippen LogP contribution in [0.1, 0.15) is 32.3 Å². The lowest BCUT2D eigenvalue weighted by Gasteiger charge is -2.20. The summed E-state index contributed by atoms with van der Waals surface area (Å²) in [6.45, 7) is 8.21. The second-order valence-corrected chi connectivity index (χ2v) is 5.62. The third-order valence-electron chi connectivity index (χ3n) is 3.87. The normalized spacial score (nSPS) is 20.7. The monoisotopic (exact) mass is 246 g/mol. The van der Waals surface area contributed by atoms with E-state index in [0.29, 0.717) is 12.1 Å². The molecule has 0 spiro atoms. The minimum atomic E-state index is 0.695. The second-order valence-electron chi connectivity index (χ2n) is 5.62. The zero-order valence-electron chi connectivity index (χ0n) is 11.7. The van der Waals surface area contributed by atoms with Crippen molar-refractivity contribution in [1.29, 1.82) is 0 Å². The average molecular weight is 246 g/mol. The summed E-state index contributed by atoms with van der Waals surface area (Å²) in [5.41, 5.74) is 1.45. The molecule has 1 heterocycles. The number of benzene rings is 1. The minimum Gasteiger partial charge on any atom is -0.313 e. The van der Waals surface area contributed by atoms with Crippen molar-refractivity contribution in [2.75, 3.05) is 19.6 Å². The van der Waals surface area contributed by atoms with E-state index >= 15 is 0 Å². The fourth-order valence-electron chi connectivity index (χ4n) is 2.67. The highest BCUT2D eigenvalue weighted by molar-refractivity contribution is 5.14. The standard InChI is InChI=1S/C16H26N2/c1-14(2)18-12-10-16(13-18)17-11-6-9-15-7-4-3-5-8-15/h3-5,7-8,14,16-17H,6,9-13H2,1-2H3. The van der Waals surface area contributed by atoms with Crippen LogP contribution in [0.25, 0.3) is 0 Å². The van der Waals surface area contributed by atoms with Crippen LogP contribution in [0, 0.1) is 0 Å². The highest BCUT2D eigenvalue weighted by atomic mass is 15.2. The van der Waals surface area contributed by atoms with E-state index in [1.165, 1.54) is 37.9 Å². The number of nitrogens with one attached hydrogen (secondary N) is 1. The molecule has 0 bridgehead atoms. The van der Waals surface area contributed by atoms with Gasteiger partial charge in [0.1, 0.15) is 0 Å². The SMILES string of the molecule is CC(C)N1CCC(NCCCc2ccccc2)C1. The van der Waals surface area contributed by atoms with Gasteiger partial charge in [-0.15, -0.1) is 0 Å². The molecule has 0 amide bonds. The summed E-state index contributed by atoms with van der Waals surface area (Å²) >= 11 is 0. The number of hydrogen-bond acceptors (Lipinski definition) is 2. The van der Waals surface area contributed by atoms with E-state index in [4.69, 9.17) is 0 Å². The van der Waals surface area contributed by atoms with Gasteiger partial charge in [-0.2, -0.15) is 0 Å². The van der Waals surface area contributed by atoms with E-state index < -0.39 is 0 Å². The molecule has 0 aliphatic carbocycles. The summed E-state index contributed by atoms with van der Waals surface area (Å²) in [4.78, 5) is 2.56. The van der Waals surface area contributed by atoms with E-state index in [9.17, 15) is 0 Å². The van der Waals surface area contributed by atoms with Crippen LogP contribution in [0.15, 0.2) is 30.3 Å². The molecule has 1 N–H and O–H groups in total. The molecule has 2 heteroatoms. The molecular formula is C16H26N2. The fourth-order valence-corrected chi connectivity index (χ4v) is 2.67. The number of hydrogen-bond donors (Lipinski definition) is 1. The quantitative estimate of drug-likeness (QED) is 0.776. The molecule has 0 saturated carbocycles. The lowest BCUT2D eigenvalue weighted by molar-refractivity contribution is 0.268. The van der Waals surface area contributed by atoms with Gasteiger partial charge in [-0.1, -0.05) is 30.3 Å². The van der Waals surface area contributed by atoms with Crippen molar-refractivity contribution in [3.05, 3.63) is 35.9 Å². The van der Waals surface area contributed by atoms with E-state index in [2.05, 4.69) is 54.4 Å². The Kier molecular flexibility index (Phi) is 5.21. The summed E-state index contributed by atoms with van der Waals surface area (Å²) in [6.07, 6.45) is 3.74. The van der Waals surface area contributed by atoms with Crippen molar-refractivity contribution in [2.24, 2.45) is 0 Å². The zero-order chi connectivity index (χ0) is 12.8. The number of aryl methyl sites for hydroxylation is 1. The third kappa shape index (κ3) is 4.11. The number of nitrogens with zero attached hydrogens (tertiary/aromatic N) is 1. The summed E-state index contributed by atoms with van der Waals surface area (Å²) in [5, 5.41) is 3.70. The van der Waals surface area contributed by atoms with Crippen molar-refractivity contribution in [1.82, 2.24) is 10.2 Å². The van der Waals surface area contributed by atoms with Crippen LogP contribution in [-0.2, 0) is 6.42 Å².